The van der Waals surface area contributed by atoms with E-state index in [1.165, 1.54) is 5.56 Å². The van der Waals surface area contributed by atoms with Gasteiger partial charge in [-0.05, 0) is 141 Å². The third kappa shape index (κ3) is 7.98. The van der Waals surface area contributed by atoms with Crippen LogP contribution < -0.4 is 0 Å². The lowest BCUT2D eigenvalue weighted by atomic mass is 9.83. The zero-order chi connectivity index (χ0) is 51.2. The average molecular weight is 830 g/mol. The van der Waals surface area contributed by atoms with Crippen molar-refractivity contribution in [2.24, 2.45) is 0 Å². The second kappa shape index (κ2) is 16.0. The smallest absolute Gasteiger partial charge is 0.149 e. The summed E-state index contributed by atoms with van der Waals surface area (Å²) in [6, 6.07) is 35.5. The zero-order valence-corrected chi connectivity index (χ0v) is 37.3. The van der Waals surface area contributed by atoms with Crippen LogP contribution >= 0.6 is 0 Å². The van der Waals surface area contributed by atoms with Gasteiger partial charge in [-0.3, -0.25) is 9.55 Å². The number of benzene rings is 7. The van der Waals surface area contributed by atoms with Gasteiger partial charge in [0.1, 0.15) is 11.6 Å². The van der Waals surface area contributed by atoms with Crippen LogP contribution in [0.15, 0.2) is 164 Å². The highest BCUT2D eigenvalue weighted by atomic mass is 16.3. The number of rotatable bonds is 7. The Morgan fingerprint density at radius 2 is 1.24 bits per heavy atom. The van der Waals surface area contributed by atoms with E-state index >= 15 is 0 Å². The Bertz CT molecular complexity index is 3600. The first-order valence-corrected chi connectivity index (χ1v) is 21.3. The van der Waals surface area contributed by atoms with Crippen LogP contribution in [0.25, 0.3) is 83.9 Å². The SMILES string of the molecule is [2H]c1nc(-c2cc(-c3cccc4c3nc(-c3cc(C)cc(C)c3O)n4-c3cc(C)c(-c4ccc(C(C)(C)C)cc4)cc3-c3ccccc3)cc(C(C)(C)C)c2)c([2H])c(-c2c([2H])c([2H])c([2H])c([2H])c2[2H])c1[2H]. The number of fused-ring (bicyclic) bond motifs is 1. The van der Waals surface area contributed by atoms with Crippen molar-refractivity contribution >= 4 is 11.0 Å². The fourth-order valence-corrected chi connectivity index (χ4v) is 8.38. The van der Waals surface area contributed by atoms with Crippen molar-refractivity contribution < 1.29 is 16.1 Å². The lowest BCUT2D eigenvalue weighted by Crippen LogP contribution is -2.11. The molecular formula is C59H55N3O. The minimum Gasteiger partial charge on any atom is -0.507 e. The van der Waals surface area contributed by atoms with Crippen LogP contribution in [-0.4, -0.2) is 19.6 Å². The molecule has 0 bridgehead atoms. The van der Waals surface area contributed by atoms with Gasteiger partial charge in [-0.2, -0.15) is 0 Å². The molecule has 4 heteroatoms. The molecule has 2 heterocycles. The molecule has 2 aromatic heterocycles. The van der Waals surface area contributed by atoms with Crippen molar-refractivity contribution in [2.45, 2.75) is 73.1 Å². The monoisotopic (exact) mass is 829 g/mol. The maximum atomic E-state index is 12.0. The number of para-hydroxylation sites is 1. The van der Waals surface area contributed by atoms with Crippen molar-refractivity contribution in [3.8, 4) is 78.6 Å². The second-order valence-corrected chi connectivity index (χ2v) is 18.5. The molecule has 0 spiro atoms. The molecule has 0 aliphatic rings. The molecule has 9 rings (SSSR count). The van der Waals surface area contributed by atoms with E-state index < -0.39 is 47.8 Å². The number of hydrogen-bond donors (Lipinski definition) is 1. The molecule has 0 atom stereocenters. The number of nitrogens with zero attached hydrogens (tertiary/aromatic N) is 3. The number of aromatic hydroxyl groups is 1. The highest BCUT2D eigenvalue weighted by Crippen LogP contribution is 2.44. The van der Waals surface area contributed by atoms with Gasteiger partial charge in [0.25, 0.3) is 0 Å². The molecule has 0 aliphatic carbocycles. The minimum absolute atomic E-state index is 0.00141. The van der Waals surface area contributed by atoms with E-state index in [0.717, 1.165) is 61.3 Å². The molecule has 312 valence electrons. The van der Waals surface area contributed by atoms with Gasteiger partial charge in [0.05, 0.1) is 38.9 Å². The molecule has 4 nitrogen and oxygen atoms in total. The van der Waals surface area contributed by atoms with E-state index in [1.807, 2.05) is 74.5 Å². The van der Waals surface area contributed by atoms with E-state index in [9.17, 15) is 6.48 Å². The number of pyridine rings is 1. The minimum atomic E-state index is -0.601. The van der Waals surface area contributed by atoms with Crippen LogP contribution in [0.1, 0.15) is 80.3 Å². The third-order valence-electron chi connectivity index (χ3n) is 11.8. The van der Waals surface area contributed by atoms with Crippen molar-refractivity contribution in [3.63, 3.8) is 0 Å². The molecule has 0 radical (unpaired) electrons. The lowest BCUT2D eigenvalue weighted by Gasteiger charge is -2.22. The van der Waals surface area contributed by atoms with Gasteiger partial charge in [0.2, 0.25) is 0 Å². The van der Waals surface area contributed by atoms with Crippen LogP contribution in [0.5, 0.6) is 5.75 Å². The second-order valence-electron chi connectivity index (χ2n) is 18.5. The molecule has 9 aromatic rings. The topological polar surface area (TPSA) is 50.9 Å². The first-order valence-electron chi connectivity index (χ1n) is 25.3. The molecular weight excluding hydrogens is 767 g/mol. The summed E-state index contributed by atoms with van der Waals surface area (Å²) in [7, 11) is 0. The number of phenolic OH excluding ortho intramolecular Hbond substituents is 1. The quantitative estimate of drug-likeness (QED) is 0.174. The van der Waals surface area contributed by atoms with E-state index in [4.69, 9.17) is 14.6 Å². The Morgan fingerprint density at radius 3 is 1.95 bits per heavy atom. The Hall–Kier alpha value is -7.04. The Labute approximate surface area is 383 Å². The first-order chi connectivity index (χ1) is 33.5. The van der Waals surface area contributed by atoms with Gasteiger partial charge in [0.15, 0.2) is 0 Å². The highest BCUT2D eigenvalue weighted by Gasteiger charge is 2.25. The number of aryl methyl sites for hydroxylation is 3. The maximum Gasteiger partial charge on any atom is 0.149 e. The molecule has 63 heavy (non-hydrogen) atoms. The van der Waals surface area contributed by atoms with Gasteiger partial charge in [-0.1, -0.05) is 151 Å². The summed E-state index contributed by atoms with van der Waals surface area (Å²) < 4.78 is 71.7. The Kier molecular flexibility index (Phi) is 8.30. The molecule has 0 amide bonds. The molecule has 0 saturated carbocycles. The maximum absolute atomic E-state index is 12.0. The first kappa shape index (κ1) is 32.6. The Morgan fingerprint density at radius 1 is 0.540 bits per heavy atom. The molecule has 7 aromatic carbocycles. The summed E-state index contributed by atoms with van der Waals surface area (Å²) >= 11 is 0. The number of imidazole rings is 1. The summed E-state index contributed by atoms with van der Waals surface area (Å²) in [5.41, 5.74) is 12.7. The lowest BCUT2D eigenvalue weighted by molar-refractivity contribution is 0.472. The van der Waals surface area contributed by atoms with E-state index in [1.54, 1.807) is 0 Å². The molecule has 0 unspecified atom stereocenters. The standard InChI is InChI=1S/C59H55N3O/c1-37-29-39(3)56(63)51(30-37)57-61-55-48(44-32-45(34-47(33-44)59(7,8)9)52-35-43(27-28-60-52)40-17-12-10-13-18-40)21-16-22-53(55)62(57)54-31-38(2)49(36-50(54)41-19-14-11-15-20-41)42-23-25-46(26-24-42)58(4,5)6/h10-36,63H,1-9H3/i10D,12D,13D,17D,18D,27D,28D,35D. The number of hydrogen-bond acceptors (Lipinski definition) is 3. The molecule has 1 N–H and O–H groups in total. The fraction of sp³-hybridized carbons (Fsp3) is 0.186. The van der Waals surface area contributed by atoms with Gasteiger partial charge in [-0.25, -0.2) is 4.98 Å². The van der Waals surface area contributed by atoms with Crippen molar-refractivity contribution in [1.29, 1.82) is 0 Å². The summed E-state index contributed by atoms with van der Waals surface area (Å²) in [4.78, 5) is 9.97. The average Bonchev–Trinajstić information content (AvgIpc) is 3.72. The summed E-state index contributed by atoms with van der Waals surface area (Å²) in [5, 5.41) is 12.0. The van der Waals surface area contributed by atoms with E-state index in [-0.39, 0.29) is 34.0 Å². The number of phenols is 1. The van der Waals surface area contributed by atoms with Gasteiger partial charge >= 0.3 is 0 Å². The van der Waals surface area contributed by atoms with Crippen LogP contribution in [0.4, 0.5) is 0 Å². The van der Waals surface area contributed by atoms with Crippen LogP contribution in [-0.2, 0) is 10.8 Å². The highest BCUT2D eigenvalue weighted by molar-refractivity contribution is 5.98. The van der Waals surface area contributed by atoms with Crippen molar-refractivity contribution in [2.75, 3.05) is 0 Å². The predicted octanol–water partition coefficient (Wildman–Crippen LogP) is 15.6. The van der Waals surface area contributed by atoms with E-state index in [2.05, 4.69) is 113 Å². The zero-order valence-electron chi connectivity index (χ0n) is 45.3. The van der Waals surface area contributed by atoms with Crippen molar-refractivity contribution in [1.82, 2.24) is 14.5 Å². The number of aromatic nitrogens is 3. The summed E-state index contributed by atoms with van der Waals surface area (Å²) in [6.45, 7) is 18.8. The van der Waals surface area contributed by atoms with Gasteiger partial charge in [-0.15, -0.1) is 0 Å². The van der Waals surface area contributed by atoms with E-state index in [0.29, 0.717) is 28.0 Å². The summed E-state index contributed by atoms with van der Waals surface area (Å²) in [5.74, 6) is 0.651. The fourth-order valence-electron chi connectivity index (χ4n) is 8.38. The largest absolute Gasteiger partial charge is 0.507 e. The molecule has 0 saturated heterocycles. The molecule has 0 fully saturated rings. The van der Waals surface area contributed by atoms with Crippen LogP contribution in [0.2, 0.25) is 0 Å². The summed E-state index contributed by atoms with van der Waals surface area (Å²) in [6.07, 6.45) is -0.503. The predicted molar refractivity (Wildman–Crippen MR) is 265 cm³/mol. The van der Waals surface area contributed by atoms with Gasteiger partial charge < -0.3 is 5.11 Å². The third-order valence-corrected chi connectivity index (χ3v) is 11.8. The molecule has 0 aliphatic heterocycles. The van der Waals surface area contributed by atoms with Crippen LogP contribution in [0, 0.1) is 20.8 Å². The Balaban J connectivity index is 1.34. The van der Waals surface area contributed by atoms with Gasteiger partial charge in [0, 0.05) is 22.9 Å². The normalized spacial score (nSPS) is 13.7. The van der Waals surface area contributed by atoms with Crippen LogP contribution in [0.3, 0.4) is 0 Å². The van der Waals surface area contributed by atoms with Crippen molar-refractivity contribution in [3.05, 3.63) is 192 Å².